The molecule has 0 unspecified atom stereocenters. The van der Waals surface area contributed by atoms with Crippen LogP contribution < -0.4 is 10.9 Å². The molecular weight excluding hydrogens is 112 g/mol. The fourth-order valence-corrected chi connectivity index (χ4v) is 0.526. The molecule has 0 rings (SSSR count). The van der Waals surface area contributed by atoms with Gasteiger partial charge in [0.1, 0.15) is 0 Å². The Morgan fingerprint density at radius 1 is 1.22 bits per heavy atom. The molecule has 1 N–H and O–H groups in total. The first-order valence-corrected chi connectivity index (χ1v) is 3.81. The van der Waals surface area contributed by atoms with Crippen LogP contribution >= 0.6 is 0 Å². The highest BCUT2D eigenvalue weighted by Crippen LogP contribution is 1.80. The average molecular weight is 129 g/mol. The van der Waals surface area contributed by atoms with Gasteiger partial charge in [-0.2, -0.15) is 5.43 Å². The molecular formula is C7H17N2. The van der Waals surface area contributed by atoms with Crippen molar-refractivity contribution in [1.29, 1.82) is 0 Å². The topological polar surface area (TPSA) is 26.1 Å². The number of hydrogen-bond acceptors (Lipinski definition) is 1. The summed E-state index contributed by atoms with van der Waals surface area (Å²) in [5.41, 5.74) is 7.09. The van der Waals surface area contributed by atoms with Crippen molar-refractivity contribution in [2.24, 2.45) is 0 Å². The number of hydrogen-bond donors (Lipinski definition) is 1. The first-order valence-electron chi connectivity index (χ1n) is 3.81. The Morgan fingerprint density at radius 2 is 2.00 bits per heavy atom. The van der Waals surface area contributed by atoms with Gasteiger partial charge in [-0.3, -0.25) is 0 Å². The highest BCUT2D eigenvalue weighted by Gasteiger charge is 1.83. The van der Waals surface area contributed by atoms with E-state index in [1.54, 1.807) is 0 Å². The highest BCUT2D eigenvalue weighted by atomic mass is 15.3. The lowest BCUT2D eigenvalue weighted by molar-refractivity contribution is 0.505. The van der Waals surface area contributed by atoms with Gasteiger partial charge in [0.15, 0.2) is 0 Å². The van der Waals surface area contributed by atoms with Gasteiger partial charge in [-0.1, -0.05) is 20.3 Å². The minimum atomic E-state index is 0.948. The zero-order valence-corrected chi connectivity index (χ0v) is 6.48. The van der Waals surface area contributed by atoms with Crippen molar-refractivity contribution in [1.82, 2.24) is 10.9 Å². The van der Waals surface area contributed by atoms with Crippen LogP contribution in [0.1, 0.15) is 33.1 Å². The summed E-state index contributed by atoms with van der Waals surface area (Å²) in [6, 6.07) is 0. The predicted molar refractivity (Wildman–Crippen MR) is 40.2 cm³/mol. The van der Waals surface area contributed by atoms with Crippen LogP contribution in [-0.4, -0.2) is 13.1 Å². The van der Waals surface area contributed by atoms with Gasteiger partial charge >= 0.3 is 0 Å². The molecule has 0 heterocycles. The second-order valence-corrected chi connectivity index (χ2v) is 2.14. The van der Waals surface area contributed by atoms with Crippen molar-refractivity contribution >= 4 is 0 Å². The quantitative estimate of drug-likeness (QED) is 0.424. The third kappa shape index (κ3) is 7.92. The number of rotatable bonds is 6. The summed E-state index contributed by atoms with van der Waals surface area (Å²) in [5.74, 6) is 0. The van der Waals surface area contributed by atoms with Crippen LogP contribution in [0.25, 0.3) is 0 Å². The van der Waals surface area contributed by atoms with Crippen LogP contribution in [0, 0.1) is 0 Å². The third-order valence-corrected chi connectivity index (χ3v) is 1.09. The molecule has 0 saturated heterocycles. The molecule has 55 valence electrons. The van der Waals surface area contributed by atoms with Gasteiger partial charge in [0.05, 0.1) is 0 Å². The van der Waals surface area contributed by atoms with E-state index in [0.717, 1.165) is 19.5 Å². The van der Waals surface area contributed by atoms with Crippen molar-refractivity contribution in [3.05, 3.63) is 0 Å². The van der Waals surface area contributed by atoms with Crippen molar-refractivity contribution in [2.45, 2.75) is 33.1 Å². The van der Waals surface area contributed by atoms with Crippen LogP contribution in [0.2, 0.25) is 0 Å². The van der Waals surface area contributed by atoms with E-state index in [0.29, 0.717) is 0 Å². The Hall–Kier alpha value is -0.0800. The second kappa shape index (κ2) is 7.92. The lowest BCUT2D eigenvalue weighted by atomic mass is 10.3. The van der Waals surface area contributed by atoms with E-state index in [4.69, 9.17) is 0 Å². The van der Waals surface area contributed by atoms with Gasteiger partial charge in [0.25, 0.3) is 0 Å². The summed E-state index contributed by atoms with van der Waals surface area (Å²) >= 11 is 0. The molecule has 0 aromatic heterocycles. The Morgan fingerprint density at radius 3 is 2.56 bits per heavy atom. The van der Waals surface area contributed by atoms with Crippen LogP contribution in [0.4, 0.5) is 0 Å². The van der Waals surface area contributed by atoms with E-state index in [1.807, 2.05) is 0 Å². The van der Waals surface area contributed by atoms with Crippen molar-refractivity contribution in [2.75, 3.05) is 13.1 Å². The highest BCUT2D eigenvalue weighted by molar-refractivity contribution is 4.39. The van der Waals surface area contributed by atoms with Crippen molar-refractivity contribution in [3.63, 3.8) is 0 Å². The van der Waals surface area contributed by atoms with E-state index >= 15 is 0 Å². The minimum Gasteiger partial charge on any atom is -0.240 e. The van der Waals surface area contributed by atoms with E-state index < -0.39 is 0 Å². The minimum absolute atomic E-state index is 0.948. The second-order valence-electron chi connectivity index (χ2n) is 2.14. The SMILES string of the molecule is CCCCN[N]CCC. The van der Waals surface area contributed by atoms with E-state index in [2.05, 4.69) is 24.7 Å². The third-order valence-electron chi connectivity index (χ3n) is 1.09. The Labute approximate surface area is 58.0 Å². The summed E-state index contributed by atoms with van der Waals surface area (Å²) in [5, 5.41) is 0. The molecule has 0 aromatic rings. The average Bonchev–Trinajstić information content (AvgIpc) is 1.89. The molecule has 0 aliphatic rings. The molecule has 0 aliphatic heterocycles. The smallest absolute Gasteiger partial charge is 0.0301 e. The molecule has 2 heteroatoms. The molecule has 0 atom stereocenters. The van der Waals surface area contributed by atoms with E-state index in [-0.39, 0.29) is 0 Å². The lowest BCUT2D eigenvalue weighted by Gasteiger charge is -1.99. The van der Waals surface area contributed by atoms with Crippen molar-refractivity contribution in [3.8, 4) is 0 Å². The molecule has 0 amide bonds. The summed E-state index contributed by atoms with van der Waals surface area (Å²) < 4.78 is 0. The number of nitrogens with zero attached hydrogens (tertiary/aromatic N) is 1. The fraction of sp³-hybridized carbons (Fsp3) is 1.00. The first kappa shape index (κ1) is 8.92. The number of unbranched alkanes of at least 4 members (excludes halogenated alkanes) is 1. The molecule has 9 heavy (non-hydrogen) atoms. The molecule has 0 spiro atoms. The Bertz CT molecular complexity index is 40.2. The van der Waals surface area contributed by atoms with Crippen molar-refractivity contribution < 1.29 is 0 Å². The zero-order chi connectivity index (χ0) is 6.95. The van der Waals surface area contributed by atoms with Gasteiger partial charge in [-0.25, -0.2) is 5.43 Å². The standard InChI is InChI=1S/C7H17N2/c1-3-5-7-9-8-6-4-2/h9H,3-7H2,1-2H3. The molecule has 0 saturated carbocycles. The van der Waals surface area contributed by atoms with Gasteiger partial charge in [-0.05, 0) is 12.8 Å². The molecule has 0 aliphatic carbocycles. The normalized spacial score (nSPS) is 10.0. The number of nitrogens with one attached hydrogen (secondary N) is 1. The molecule has 1 radical (unpaired) electrons. The molecule has 0 aromatic carbocycles. The van der Waals surface area contributed by atoms with Gasteiger partial charge in [-0.15, -0.1) is 0 Å². The maximum absolute atomic E-state index is 4.08. The lowest BCUT2D eigenvalue weighted by Crippen LogP contribution is -2.25. The Kier molecular flexibility index (Phi) is 7.85. The molecule has 2 nitrogen and oxygen atoms in total. The van der Waals surface area contributed by atoms with Crippen LogP contribution in [0.15, 0.2) is 0 Å². The zero-order valence-electron chi connectivity index (χ0n) is 6.48. The summed E-state index contributed by atoms with van der Waals surface area (Å²) in [7, 11) is 0. The van der Waals surface area contributed by atoms with Crippen LogP contribution in [-0.2, 0) is 0 Å². The predicted octanol–water partition coefficient (Wildman–Crippen LogP) is 1.31. The molecule has 0 fully saturated rings. The van der Waals surface area contributed by atoms with Crippen LogP contribution in [0.5, 0.6) is 0 Å². The van der Waals surface area contributed by atoms with Gasteiger partial charge in [0, 0.05) is 13.1 Å². The first-order chi connectivity index (χ1) is 4.41. The monoisotopic (exact) mass is 129 g/mol. The summed E-state index contributed by atoms with van der Waals surface area (Å²) in [6.07, 6.45) is 3.61. The Balaban J connectivity index is 2.60. The van der Waals surface area contributed by atoms with Gasteiger partial charge < -0.3 is 0 Å². The largest absolute Gasteiger partial charge is 0.240 e. The van der Waals surface area contributed by atoms with E-state index in [1.165, 1.54) is 12.8 Å². The van der Waals surface area contributed by atoms with E-state index in [9.17, 15) is 0 Å². The maximum Gasteiger partial charge on any atom is 0.0301 e. The fourth-order valence-electron chi connectivity index (χ4n) is 0.526. The summed E-state index contributed by atoms with van der Waals surface area (Å²) in [4.78, 5) is 0. The van der Waals surface area contributed by atoms with Gasteiger partial charge in [0.2, 0.25) is 0 Å². The molecule has 0 bridgehead atoms. The maximum atomic E-state index is 4.08. The van der Waals surface area contributed by atoms with Crippen LogP contribution in [0.3, 0.4) is 0 Å². The summed E-state index contributed by atoms with van der Waals surface area (Å²) in [6.45, 7) is 6.30.